The number of pyridine rings is 2. The van der Waals surface area contributed by atoms with Crippen LogP contribution >= 0.6 is 0 Å². The van der Waals surface area contributed by atoms with Crippen LogP contribution in [0.3, 0.4) is 0 Å². The lowest BCUT2D eigenvalue weighted by atomic mass is 9.94. The molecule has 0 bridgehead atoms. The molecule has 2 aromatic heterocycles. The van der Waals surface area contributed by atoms with Gasteiger partial charge in [-0.15, -0.1) is 0 Å². The highest BCUT2D eigenvalue weighted by Crippen LogP contribution is 2.39. The number of aryl methyl sites for hydroxylation is 2. The summed E-state index contributed by atoms with van der Waals surface area (Å²) in [5.74, 6) is 0.895. The van der Waals surface area contributed by atoms with Gasteiger partial charge in [-0.25, -0.2) is 4.98 Å². The van der Waals surface area contributed by atoms with E-state index in [1.807, 2.05) is 68.4 Å². The van der Waals surface area contributed by atoms with Crippen molar-refractivity contribution in [3.8, 4) is 11.5 Å². The van der Waals surface area contributed by atoms with E-state index in [9.17, 15) is 10.2 Å². The fourth-order valence-electron chi connectivity index (χ4n) is 3.38. The number of phenols is 2. The van der Waals surface area contributed by atoms with Crippen molar-refractivity contribution in [1.82, 2.24) is 9.97 Å². The second-order valence-electron chi connectivity index (χ2n) is 6.88. The molecule has 4 rings (SSSR count). The van der Waals surface area contributed by atoms with Crippen LogP contribution < -0.4 is 5.32 Å². The Balaban J connectivity index is 1.90. The number of aromatic hydroxyl groups is 2. The molecule has 0 saturated carbocycles. The van der Waals surface area contributed by atoms with Gasteiger partial charge in [0.15, 0.2) is 0 Å². The van der Waals surface area contributed by atoms with Crippen LogP contribution in [0.25, 0.3) is 10.9 Å². The first-order valence-electron chi connectivity index (χ1n) is 9.09. The van der Waals surface area contributed by atoms with E-state index < -0.39 is 6.04 Å². The molecule has 4 aromatic rings. The van der Waals surface area contributed by atoms with Gasteiger partial charge in [-0.3, -0.25) is 4.98 Å². The molecule has 0 saturated heterocycles. The standard InChI is InChI=1S/C23H21N3O2/c1-14-8-11-19(27)18(13-14)22(26-20-7-3-5-15(2)25-20)17-10-9-16-6-4-12-24-21(16)23(17)28/h3-13,22,27-28H,1-2H3,(H,25,26). The van der Waals surface area contributed by atoms with E-state index in [2.05, 4.69) is 15.3 Å². The van der Waals surface area contributed by atoms with Crippen LogP contribution in [0, 0.1) is 13.8 Å². The maximum absolute atomic E-state index is 11.0. The summed E-state index contributed by atoms with van der Waals surface area (Å²) in [5, 5.41) is 25.7. The predicted octanol–water partition coefficient (Wildman–Crippen LogP) is 4.86. The van der Waals surface area contributed by atoms with Crippen molar-refractivity contribution in [3.05, 3.63) is 89.2 Å². The minimum Gasteiger partial charge on any atom is -0.508 e. The summed E-state index contributed by atoms with van der Waals surface area (Å²) in [4.78, 5) is 8.84. The Labute approximate surface area is 163 Å². The summed E-state index contributed by atoms with van der Waals surface area (Å²) in [6.07, 6.45) is 1.65. The molecule has 0 amide bonds. The highest BCUT2D eigenvalue weighted by molar-refractivity contribution is 5.86. The van der Waals surface area contributed by atoms with Gasteiger partial charge in [0.05, 0.1) is 6.04 Å². The molecule has 2 aromatic carbocycles. The fraction of sp³-hybridized carbons (Fsp3) is 0.130. The third-order valence-corrected chi connectivity index (χ3v) is 4.76. The van der Waals surface area contributed by atoms with E-state index in [1.54, 1.807) is 12.3 Å². The van der Waals surface area contributed by atoms with Crippen LogP contribution in [0.2, 0.25) is 0 Å². The monoisotopic (exact) mass is 371 g/mol. The molecule has 0 aliphatic heterocycles. The maximum atomic E-state index is 11.0. The van der Waals surface area contributed by atoms with Gasteiger partial charge >= 0.3 is 0 Å². The molecule has 2 heterocycles. The molecular formula is C23H21N3O2. The van der Waals surface area contributed by atoms with Gasteiger partial charge in [-0.2, -0.15) is 0 Å². The maximum Gasteiger partial charge on any atom is 0.147 e. The van der Waals surface area contributed by atoms with E-state index in [4.69, 9.17) is 0 Å². The average Bonchev–Trinajstić information content (AvgIpc) is 2.69. The normalized spacial score (nSPS) is 12.1. The molecule has 0 aliphatic carbocycles. The number of fused-ring (bicyclic) bond motifs is 1. The van der Waals surface area contributed by atoms with E-state index in [-0.39, 0.29) is 11.5 Å². The lowest BCUT2D eigenvalue weighted by molar-refractivity contribution is 0.459. The number of hydrogen-bond donors (Lipinski definition) is 3. The molecule has 140 valence electrons. The zero-order valence-corrected chi connectivity index (χ0v) is 15.7. The molecular weight excluding hydrogens is 350 g/mol. The summed E-state index contributed by atoms with van der Waals surface area (Å²) in [6.45, 7) is 3.88. The number of hydrogen-bond acceptors (Lipinski definition) is 5. The number of nitrogens with one attached hydrogen (secondary N) is 1. The zero-order chi connectivity index (χ0) is 19.7. The van der Waals surface area contributed by atoms with E-state index in [0.29, 0.717) is 22.5 Å². The molecule has 1 atom stereocenters. The number of benzene rings is 2. The molecule has 5 nitrogen and oxygen atoms in total. The quantitative estimate of drug-likeness (QED) is 0.477. The van der Waals surface area contributed by atoms with Crippen LogP contribution in [0.4, 0.5) is 5.82 Å². The molecule has 1 unspecified atom stereocenters. The Morgan fingerprint density at radius 3 is 2.57 bits per heavy atom. The lowest BCUT2D eigenvalue weighted by Crippen LogP contribution is -2.14. The van der Waals surface area contributed by atoms with Gasteiger partial charge < -0.3 is 15.5 Å². The number of rotatable bonds is 4. The Hall–Kier alpha value is -3.60. The predicted molar refractivity (Wildman–Crippen MR) is 111 cm³/mol. The summed E-state index contributed by atoms with van der Waals surface area (Å²) < 4.78 is 0. The van der Waals surface area contributed by atoms with Crippen molar-refractivity contribution >= 4 is 16.7 Å². The fourth-order valence-corrected chi connectivity index (χ4v) is 3.38. The van der Waals surface area contributed by atoms with E-state index in [0.717, 1.165) is 16.6 Å². The Morgan fingerprint density at radius 2 is 1.75 bits per heavy atom. The minimum atomic E-state index is -0.499. The third-order valence-electron chi connectivity index (χ3n) is 4.76. The van der Waals surface area contributed by atoms with Gasteiger partial charge in [0, 0.05) is 28.4 Å². The molecule has 3 N–H and O–H groups in total. The van der Waals surface area contributed by atoms with Crippen molar-refractivity contribution in [2.24, 2.45) is 0 Å². The van der Waals surface area contributed by atoms with Crippen LogP contribution in [-0.4, -0.2) is 20.2 Å². The number of nitrogens with zero attached hydrogens (tertiary/aromatic N) is 2. The topological polar surface area (TPSA) is 78.3 Å². The summed E-state index contributed by atoms with van der Waals surface area (Å²) in [5.41, 5.74) is 3.69. The first-order chi connectivity index (χ1) is 13.5. The van der Waals surface area contributed by atoms with E-state index in [1.165, 1.54) is 0 Å². The molecule has 28 heavy (non-hydrogen) atoms. The Kier molecular flexibility index (Phi) is 4.57. The van der Waals surface area contributed by atoms with Crippen molar-refractivity contribution < 1.29 is 10.2 Å². The van der Waals surface area contributed by atoms with Gasteiger partial charge in [0.2, 0.25) is 0 Å². The second kappa shape index (κ2) is 7.19. The Bertz CT molecular complexity index is 1160. The molecule has 5 heteroatoms. The highest BCUT2D eigenvalue weighted by atomic mass is 16.3. The second-order valence-corrected chi connectivity index (χ2v) is 6.88. The van der Waals surface area contributed by atoms with Crippen molar-refractivity contribution in [2.45, 2.75) is 19.9 Å². The van der Waals surface area contributed by atoms with Crippen molar-refractivity contribution in [3.63, 3.8) is 0 Å². The van der Waals surface area contributed by atoms with Gasteiger partial charge in [-0.1, -0.05) is 35.9 Å². The van der Waals surface area contributed by atoms with Crippen LogP contribution in [0.15, 0.2) is 66.9 Å². The third kappa shape index (κ3) is 3.34. The summed E-state index contributed by atoms with van der Waals surface area (Å²) >= 11 is 0. The van der Waals surface area contributed by atoms with E-state index >= 15 is 0 Å². The summed E-state index contributed by atoms with van der Waals surface area (Å²) in [6, 6.07) is 18.1. The lowest BCUT2D eigenvalue weighted by Gasteiger charge is -2.23. The van der Waals surface area contributed by atoms with Gasteiger partial charge in [-0.05, 0) is 44.2 Å². The average molecular weight is 371 g/mol. The highest BCUT2D eigenvalue weighted by Gasteiger charge is 2.23. The Morgan fingerprint density at radius 1 is 0.893 bits per heavy atom. The zero-order valence-electron chi connectivity index (χ0n) is 15.7. The number of aromatic nitrogens is 2. The minimum absolute atomic E-state index is 0.0872. The largest absolute Gasteiger partial charge is 0.508 e. The van der Waals surface area contributed by atoms with Gasteiger partial charge in [0.25, 0.3) is 0 Å². The molecule has 0 radical (unpaired) electrons. The first kappa shape index (κ1) is 17.8. The van der Waals surface area contributed by atoms with Crippen LogP contribution in [0.5, 0.6) is 11.5 Å². The smallest absolute Gasteiger partial charge is 0.147 e. The van der Waals surface area contributed by atoms with Crippen LogP contribution in [0.1, 0.15) is 28.4 Å². The first-order valence-corrected chi connectivity index (χ1v) is 9.09. The summed E-state index contributed by atoms with van der Waals surface area (Å²) in [7, 11) is 0. The van der Waals surface area contributed by atoms with Crippen LogP contribution in [-0.2, 0) is 0 Å². The molecule has 0 fully saturated rings. The van der Waals surface area contributed by atoms with Crippen molar-refractivity contribution in [2.75, 3.05) is 5.32 Å². The number of phenolic OH excluding ortho intramolecular Hbond substituents is 2. The SMILES string of the molecule is Cc1ccc(O)c(C(Nc2cccc(C)n2)c2ccc3cccnc3c2O)c1. The molecule has 0 spiro atoms. The molecule has 0 aliphatic rings. The van der Waals surface area contributed by atoms with Crippen molar-refractivity contribution in [1.29, 1.82) is 0 Å². The van der Waals surface area contributed by atoms with Gasteiger partial charge in [0.1, 0.15) is 22.8 Å². The number of anilines is 1.